The summed E-state index contributed by atoms with van der Waals surface area (Å²) in [5.41, 5.74) is 0.772. The molecule has 0 saturated carbocycles. The van der Waals surface area contributed by atoms with Crippen molar-refractivity contribution in [1.29, 1.82) is 0 Å². The first-order chi connectivity index (χ1) is 8.43. The predicted octanol–water partition coefficient (Wildman–Crippen LogP) is 0.830. The van der Waals surface area contributed by atoms with Gasteiger partial charge < -0.3 is 20.1 Å². The lowest BCUT2D eigenvalue weighted by Crippen LogP contribution is -2.11. The number of rotatable bonds is 6. The molecule has 0 aliphatic heterocycles. The summed E-state index contributed by atoms with van der Waals surface area (Å²) in [5.74, 6) is -1.93. The average Bonchev–Trinajstić information content (AvgIpc) is 2.34. The molecule has 0 bridgehead atoms. The minimum absolute atomic E-state index is 0.0736. The van der Waals surface area contributed by atoms with Gasteiger partial charge in [0.05, 0.1) is 7.11 Å². The standard InChI is InChI=1S/C12H14O6/c1-18-9-5-7(2-3-10(13)14)4-8(6-9)11(15)12(16)17/h4-6,11,15H,2-3H2,1H3,(H,13,14)(H,16,17). The summed E-state index contributed by atoms with van der Waals surface area (Å²) in [5, 5.41) is 26.8. The first-order valence-corrected chi connectivity index (χ1v) is 5.24. The lowest BCUT2D eigenvalue weighted by molar-refractivity contribution is -0.147. The maximum atomic E-state index is 10.7. The Hall–Kier alpha value is -2.08. The Labute approximate surface area is 103 Å². The minimum atomic E-state index is -1.65. The molecule has 1 aromatic rings. The van der Waals surface area contributed by atoms with E-state index < -0.39 is 18.0 Å². The normalized spacial score (nSPS) is 11.9. The summed E-state index contributed by atoms with van der Waals surface area (Å²) in [7, 11) is 1.41. The molecule has 0 saturated heterocycles. The van der Waals surface area contributed by atoms with Crippen LogP contribution < -0.4 is 4.74 Å². The molecule has 0 aliphatic rings. The van der Waals surface area contributed by atoms with Crippen molar-refractivity contribution in [2.24, 2.45) is 0 Å². The maximum Gasteiger partial charge on any atom is 0.337 e. The number of aliphatic hydroxyl groups is 1. The van der Waals surface area contributed by atoms with Gasteiger partial charge in [0.15, 0.2) is 6.10 Å². The van der Waals surface area contributed by atoms with Gasteiger partial charge in [-0.1, -0.05) is 6.07 Å². The van der Waals surface area contributed by atoms with Crippen molar-refractivity contribution in [1.82, 2.24) is 0 Å². The van der Waals surface area contributed by atoms with Crippen molar-refractivity contribution < 1.29 is 29.6 Å². The highest BCUT2D eigenvalue weighted by atomic mass is 16.5. The van der Waals surface area contributed by atoms with Crippen LogP contribution in [-0.2, 0) is 16.0 Å². The smallest absolute Gasteiger partial charge is 0.337 e. The second kappa shape index (κ2) is 6.02. The van der Waals surface area contributed by atoms with E-state index in [0.717, 1.165) is 0 Å². The van der Waals surface area contributed by atoms with Crippen molar-refractivity contribution in [2.45, 2.75) is 18.9 Å². The molecule has 0 aliphatic carbocycles. The van der Waals surface area contributed by atoms with E-state index >= 15 is 0 Å². The molecule has 6 heteroatoms. The number of aryl methyl sites for hydroxylation is 1. The van der Waals surface area contributed by atoms with E-state index in [1.165, 1.54) is 19.2 Å². The number of hydrogen-bond donors (Lipinski definition) is 3. The summed E-state index contributed by atoms with van der Waals surface area (Å²) in [6, 6.07) is 4.48. The maximum absolute atomic E-state index is 10.7. The molecule has 3 N–H and O–H groups in total. The number of benzene rings is 1. The molecule has 0 radical (unpaired) electrons. The quantitative estimate of drug-likeness (QED) is 0.694. The molecule has 0 amide bonds. The van der Waals surface area contributed by atoms with E-state index in [0.29, 0.717) is 11.3 Å². The van der Waals surface area contributed by atoms with E-state index in [-0.39, 0.29) is 18.4 Å². The van der Waals surface area contributed by atoms with Crippen molar-refractivity contribution in [2.75, 3.05) is 7.11 Å². The van der Waals surface area contributed by atoms with Gasteiger partial charge in [0.2, 0.25) is 0 Å². The predicted molar refractivity (Wildman–Crippen MR) is 61.5 cm³/mol. The van der Waals surface area contributed by atoms with E-state index in [4.69, 9.17) is 14.9 Å². The molecule has 1 aromatic carbocycles. The van der Waals surface area contributed by atoms with Gasteiger partial charge >= 0.3 is 11.9 Å². The highest BCUT2D eigenvalue weighted by molar-refractivity contribution is 5.74. The zero-order valence-corrected chi connectivity index (χ0v) is 9.79. The van der Waals surface area contributed by atoms with E-state index in [1.54, 1.807) is 6.07 Å². The molecule has 6 nitrogen and oxygen atoms in total. The number of ether oxygens (including phenoxy) is 1. The molecule has 1 rings (SSSR count). The van der Waals surface area contributed by atoms with Crippen LogP contribution in [0.2, 0.25) is 0 Å². The van der Waals surface area contributed by atoms with Crippen molar-refractivity contribution in [3.63, 3.8) is 0 Å². The van der Waals surface area contributed by atoms with Gasteiger partial charge in [0.25, 0.3) is 0 Å². The monoisotopic (exact) mass is 254 g/mol. The van der Waals surface area contributed by atoms with Crippen LogP contribution in [0.5, 0.6) is 5.75 Å². The lowest BCUT2D eigenvalue weighted by atomic mass is 10.0. The number of carboxylic acid groups (broad SMARTS) is 2. The Balaban J connectivity index is 3.01. The Morgan fingerprint density at radius 1 is 1.28 bits per heavy atom. The molecular formula is C12H14O6. The van der Waals surface area contributed by atoms with Gasteiger partial charge in [0, 0.05) is 6.42 Å². The Kier molecular flexibility index (Phi) is 4.67. The van der Waals surface area contributed by atoms with Gasteiger partial charge in [-0.15, -0.1) is 0 Å². The third-order valence-electron chi connectivity index (χ3n) is 2.40. The summed E-state index contributed by atoms with van der Waals surface area (Å²) in [6.07, 6.45) is -1.48. The third-order valence-corrected chi connectivity index (χ3v) is 2.40. The SMILES string of the molecule is COc1cc(CCC(=O)O)cc(C(O)C(=O)O)c1. The summed E-state index contributed by atoms with van der Waals surface area (Å²) in [4.78, 5) is 21.2. The van der Waals surface area contributed by atoms with E-state index in [1.807, 2.05) is 0 Å². The van der Waals surface area contributed by atoms with E-state index in [2.05, 4.69) is 0 Å². The number of carboxylic acids is 2. The summed E-state index contributed by atoms with van der Waals surface area (Å²) in [6.45, 7) is 0. The van der Waals surface area contributed by atoms with Gasteiger partial charge in [-0.25, -0.2) is 4.79 Å². The Morgan fingerprint density at radius 2 is 1.94 bits per heavy atom. The fourth-order valence-corrected chi connectivity index (χ4v) is 1.50. The first-order valence-electron chi connectivity index (χ1n) is 5.24. The fraction of sp³-hybridized carbons (Fsp3) is 0.333. The minimum Gasteiger partial charge on any atom is -0.497 e. The second-order valence-corrected chi connectivity index (χ2v) is 3.75. The number of aliphatic hydroxyl groups excluding tert-OH is 1. The van der Waals surface area contributed by atoms with Crippen LogP contribution in [0, 0.1) is 0 Å². The van der Waals surface area contributed by atoms with Gasteiger partial charge in [-0.2, -0.15) is 0 Å². The van der Waals surface area contributed by atoms with Crippen molar-refractivity contribution in [3.05, 3.63) is 29.3 Å². The molecule has 1 unspecified atom stereocenters. The highest BCUT2D eigenvalue weighted by Crippen LogP contribution is 2.23. The number of aliphatic carboxylic acids is 2. The van der Waals surface area contributed by atoms with Crippen molar-refractivity contribution >= 4 is 11.9 Å². The molecule has 0 heterocycles. The van der Waals surface area contributed by atoms with Crippen LogP contribution in [0.4, 0.5) is 0 Å². The highest BCUT2D eigenvalue weighted by Gasteiger charge is 2.17. The van der Waals surface area contributed by atoms with Gasteiger partial charge in [0.1, 0.15) is 5.75 Å². The van der Waals surface area contributed by atoms with Crippen LogP contribution in [0.1, 0.15) is 23.7 Å². The lowest BCUT2D eigenvalue weighted by Gasteiger charge is -2.11. The van der Waals surface area contributed by atoms with Crippen LogP contribution >= 0.6 is 0 Å². The van der Waals surface area contributed by atoms with Gasteiger partial charge in [-0.3, -0.25) is 4.79 Å². The largest absolute Gasteiger partial charge is 0.497 e. The first kappa shape index (κ1) is 14.0. The Morgan fingerprint density at radius 3 is 2.44 bits per heavy atom. The molecule has 18 heavy (non-hydrogen) atoms. The molecule has 0 fully saturated rings. The summed E-state index contributed by atoms with van der Waals surface area (Å²) >= 11 is 0. The zero-order chi connectivity index (χ0) is 13.7. The molecule has 0 spiro atoms. The van der Waals surface area contributed by atoms with E-state index in [9.17, 15) is 14.7 Å². The third kappa shape index (κ3) is 3.74. The van der Waals surface area contributed by atoms with Crippen LogP contribution in [0.15, 0.2) is 18.2 Å². The zero-order valence-electron chi connectivity index (χ0n) is 9.79. The van der Waals surface area contributed by atoms with Gasteiger partial charge in [-0.05, 0) is 29.7 Å². The fourth-order valence-electron chi connectivity index (χ4n) is 1.50. The number of hydrogen-bond acceptors (Lipinski definition) is 4. The second-order valence-electron chi connectivity index (χ2n) is 3.75. The molecule has 1 atom stereocenters. The molecular weight excluding hydrogens is 240 g/mol. The van der Waals surface area contributed by atoms with Crippen LogP contribution in [0.25, 0.3) is 0 Å². The number of carbonyl (C=O) groups is 2. The summed E-state index contributed by atoms with van der Waals surface area (Å²) < 4.78 is 4.98. The number of methoxy groups -OCH3 is 1. The molecule has 0 aromatic heterocycles. The molecule has 98 valence electrons. The average molecular weight is 254 g/mol. The topological polar surface area (TPSA) is 104 Å². The van der Waals surface area contributed by atoms with Crippen molar-refractivity contribution in [3.8, 4) is 5.75 Å². The Bertz CT molecular complexity index is 454. The van der Waals surface area contributed by atoms with Crippen LogP contribution in [-0.4, -0.2) is 34.4 Å². The van der Waals surface area contributed by atoms with Crippen LogP contribution in [0.3, 0.4) is 0 Å².